The monoisotopic (exact) mass is 557 g/mol. The molecule has 0 saturated heterocycles. The molecule has 0 fully saturated rings. The van der Waals surface area contributed by atoms with Crippen LogP contribution in [0.25, 0.3) is 0 Å². The molecule has 1 atom stereocenters. The van der Waals surface area contributed by atoms with E-state index < -0.39 is 28.5 Å². The van der Waals surface area contributed by atoms with Crippen LogP contribution in [0.2, 0.25) is 5.02 Å². The van der Waals surface area contributed by atoms with E-state index in [0.717, 1.165) is 23.4 Å². The lowest BCUT2D eigenvalue weighted by Gasteiger charge is -2.31. The van der Waals surface area contributed by atoms with Gasteiger partial charge >= 0.3 is 0 Å². The maximum absolute atomic E-state index is 13.4. The maximum Gasteiger partial charge on any atom is 0.244 e. The van der Waals surface area contributed by atoms with E-state index in [1.807, 2.05) is 6.92 Å². The third kappa shape index (κ3) is 8.01. The molecule has 2 aromatic rings. The summed E-state index contributed by atoms with van der Waals surface area (Å²) in [7, 11) is -3.77. The van der Waals surface area contributed by atoms with Gasteiger partial charge in [0.15, 0.2) is 0 Å². The number of nitrogens with one attached hydrogen (secondary N) is 1. The van der Waals surface area contributed by atoms with Crippen LogP contribution in [0.4, 0.5) is 5.69 Å². The van der Waals surface area contributed by atoms with Crippen LogP contribution in [-0.2, 0) is 26.2 Å². The minimum Gasteiger partial charge on any atom is -0.354 e. The molecule has 0 aliphatic rings. The van der Waals surface area contributed by atoms with Gasteiger partial charge in [-0.25, -0.2) is 8.42 Å². The van der Waals surface area contributed by atoms with Crippen LogP contribution in [0.3, 0.4) is 0 Å². The molecule has 33 heavy (non-hydrogen) atoms. The SMILES string of the molecule is CCCCNC(=O)C(C)N(Cc1ccccc1Cl)C(=O)CN(c1cccc(Br)c1)S(C)(=O)=O. The van der Waals surface area contributed by atoms with Crippen molar-refractivity contribution in [3.63, 3.8) is 0 Å². The van der Waals surface area contributed by atoms with Crippen LogP contribution in [0.15, 0.2) is 53.0 Å². The molecule has 0 bridgehead atoms. The zero-order valence-electron chi connectivity index (χ0n) is 18.9. The molecule has 2 amide bonds. The van der Waals surface area contributed by atoms with Gasteiger partial charge in [0.1, 0.15) is 12.6 Å². The highest BCUT2D eigenvalue weighted by molar-refractivity contribution is 9.10. The van der Waals surface area contributed by atoms with Crippen molar-refractivity contribution >= 4 is 55.1 Å². The molecule has 0 heterocycles. The van der Waals surface area contributed by atoms with Crippen LogP contribution in [0.1, 0.15) is 32.3 Å². The normalized spacial score (nSPS) is 12.2. The highest BCUT2D eigenvalue weighted by Crippen LogP contribution is 2.23. The summed E-state index contributed by atoms with van der Waals surface area (Å²) in [5, 5.41) is 3.30. The Morgan fingerprint density at radius 2 is 1.85 bits per heavy atom. The van der Waals surface area contributed by atoms with Crippen molar-refractivity contribution in [3.05, 3.63) is 63.6 Å². The summed E-state index contributed by atoms with van der Waals surface area (Å²) in [6, 6.07) is 12.9. The molecule has 0 aliphatic carbocycles. The summed E-state index contributed by atoms with van der Waals surface area (Å²) < 4.78 is 26.8. The first-order valence-corrected chi connectivity index (χ1v) is 13.6. The van der Waals surface area contributed by atoms with Gasteiger partial charge in [-0.3, -0.25) is 13.9 Å². The largest absolute Gasteiger partial charge is 0.354 e. The van der Waals surface area contributed by atoms with E-state index >= 15 is 0 Å². The fraction of sp³-hybridized carbons (Fsp3) is 0.391. The average molecular weight is 559 g/mol. The molecule has 2 rings (SSSR count). The second-order valence-corrected chi connectivity index (χ2v) is 10.9. The van der Waals surface area contributed by atoms with E-state index in [0.29, 0.717) is 27.3 Å². The Labute approximate surface area is 209 Å². The predicted molar refractivity (Wildman–Crippen MR) is 136 cm³/mol. The van der Waals surface area contributed by atoms with Crippen molar-refractivity contribution in [1.29, 1.82) is 0 Å². The number of carbonyl (C=O) groups is 2. The van der Waals surface area contributed by atoms with Gasteiger partial charge in [-0.2, -0.15) is 0 Å². The fourth-order valence-electron chi connectivity index (χ4n) is 3.17. The van der Waals surface area contributed by atoms with Crippen molar-refractivity contribution in [2.45, 2.75) is 39.3 Å². The Hall–Kier alpha value is -2.10. The zero-order chi connectivity index (χ0) is 24.6. The number of sulfonamides is 1. The molecule has 0 spiro atoms. The summed E-state index contributed by atoms with van der Waals surface area (Å²) in [5.41, 5.74) is 1.01. The van der Waals surface area contributed by atoms with Crippen molar-refractivity contribution in [3.8, 4) is 0 Å². The topological polar surface area (TPSA) is 86.8 Å². The highest BCUT2D eigenvalue weighted by Gasteiger charge is 2.30. The third-order valence-electron chi connectivity index (χ3n) is 5.07. The van der Waals surface area contributed by atoms with Crippen molar-refractivity contribution in [2.24, 2.45) is 0 Å². The lowest BCUT2D eigenvalue weighted by atomic mass is 10.1. The molecule has 180 valence electrons. The maximum atomic E-state index is 13.4. The number of unbranched alkanes of at least 4 members (excludes halogenated alkanes) is 1. The first kappa shape index (κ1) is 27.1. The van der Waals surface area contributed by atoms with Crippen molar-refractivity contribution in [1.82, 2.24) is 10.2 Å². The number of hydrogen-bond donors (Lipinski definition) is 1. The van der Waals surface area contributed by atoms with Crippen molar-refractivity contribution < 1.29 is 18.0 Å². The number of halogens is 2. The Bertz CT molecular complexity index is 1080. The third-order valence-corrected chi connectivity index (χ3v) is 7.07. The lowest BCUT2D eigenvalue weighted by Crippen LogP contribution is -2.51. The minimum absolute atomic E-state index is 0.0664. The highest BCUT2D eigenvalue weighted by atomic mass is 79.9. The summed E-state index contributed by atoms with van der Waals surface area (Å²) >= 11 is 9.63. The van der Waals surface area contributed by atoms with Gasteiger partial charge in [0, 0.05) is 22.6 Å². The minimum atomic E-state index is -3.77. The van der Waals surface area contributed by atoms with E-state index in [2.05, 4.69) is 21.2 Å². The van der Waals surface area contributed by atoms with Crippen molar-refractivity contribution in [2.75, 3.05) is 23.7 Å². The van der Waals surface area contributed by atoms with Crippen LogP contribution in [0, 0.1) is 0 Å². The molecule has 1 N–H and O–H groups in total. The van der Waals surface area contributed by atoms with Gasteiger partial charge in [0.25, 0.3) is 0 Å². The number of anilines is 1. The Balaban J connectivity index is 2.36. The van der Waals surface area contributed by atoms with Gasteiger partial charge < -0.3 is 10.2 Å². The predicted octanol–water partition coefficient (Wildman–Crippen LogP) is 4.20. The smallest absolute Gasteiger partial charge is 0.244 e. The Morgan fingerprint density at radius 3 is 2.45 bits per heavy atom. The summed E-state index contributed by atoms with van der Waals surface area (Å²) in [6.07, 6.45) is 2.79. The second kappa shape index (κ2) is 12.4. The molecule has 0 aliphatic heterocycles. The van der Waals surface area contributed by atoms with E-state index in [9.17, 15) is 18.0 Å². The van der Waals surface area contributed by atoms with Gasteiger partial charge in [0.2, 0.25) is 21.8 Å². The second-order valence-electron chi connectivity index (χ2n) is 7.68. The van der Waals surface area contributed by atoms with E-state index in [1.165, 1.54) is 4.90 Å². The molecular weight excluding hydrogens is 530 g/mol. The van der Waals surface area contributed by atoms with Gasteiger partial charge in [-0.1, -0.05) is 65.1 Å². The van der Waals surface area contributed by atoms with E-state index in [1.54, 1.807) is 55.5 Å². The Kier molecular flexibility index (Phi) is 10.2. The van der Waals surface area contributed by atoms with Crippen LogP contribution in [0.5, 0.6) is 0 Å². The quantitative estimate of drug-likeness (QED) is 0.419. The standard InChI is InChI=1S/C23H29BrClN3O4S/c1-4-5-13-26-23(30)17(2)27(15-18-9-6-7-12-21(18)25)22(29)16-28(33(3,31)32)20-11-8-10-19(24)14-20/h6-12,14,17H,4-5,13,15-16H2,1-3H3,(H,26,30). The van der Waals surface area contributed by atoms with Gasteiger partial charge in [-0.05, 0) is 43.2 Å². The number of rotatable bonds is 11. The number of amides is 2. The summed E-state index contributed by atoms with van der Waals surface area (Å²) in [5.74, 6) is -0.823. The summed E-state index contributed by atoms with van der Waals surface area (Å²) in [6.45, 7) is 3.76. The lowest BCUT2D eigenvalue weighted by molar-refractivity contribution is -0.139. The van der Waals surface area contributed by atoms with Gasteiger partial charge in [-0.15, -0.1) is 0 Å². The molecule has 10 heteroatoms. The Morgan fingerprint density at radius 1 is 1.15 bits per heavy atom. The van der Waals surface area contributed by atoms with E-state index in [4.69, 9.17) is 11.6 Å². The zero-order valence-corrected chi connectivity index (χ0v) is 22.1. The van der Waals surface area contributed by atoms with Crippen LogP contribution in [-0.4, -0.2) is 50.5 Å². The van der Waals surface area contributed by atoms with Crippen LogP contribution < -0.4 is 9.62 Å². The van der Waals surface area contributed by atoms with Crippen LogP contribution >= 0.6 is 27.5 Å². The number of benzene rings is 2. The molecule has 0 saturated carbocycles. The molecule has 0 aromatic heterocycles. The van der Waals surface area contributed by atoms with Gasteiger partial charge in [0.05, 0.1) is 11.9 Å². The molecule has 1 unspecified atom stereocenters. The number of hydrogen-bond acceptors (Lipinski definition) is 4. The first-order valence-electron chi connectivity index (χ1n) is 10.6. The fourth-order valence-corrected chi connectivity index (χ4v) is 4.60. The average Bonchev–Trinajstić information content (AvgIpc) is 2.75. The first-order chi connectivity index (χ1) is 15.5. The summed E-state index contributed by atoms with van der Waals surface area (Å²) in [4.78, 5) is 27.6. The molecule has 7 nitrogen and oxygen atoms in total. The van der Waals surface area contributed by atoms with E-state index in [-0.39, 0.29) is 12.5 Å². The molecule has 2 aromatic carbocycles. The molecular formula is C23H29BrClN3O4S. The molecule has 0 radical (unpaired) electrons. The number of carbonyl (C=O) groups excluding carboxylic acids is 2. The number of nitrogens with zero attached hydrogens (tertiary/aromatic N) is 2.